The standard InChI is InChI=1S/C25H40O5Si.C19H26O5.C19H24O5.C2H7P.C2H6.4CH4/c1-23(2,3)31(6,7)30-19-13-15-25(17-28-25)22(21(19)26-5)24(4)20(29-24)14-16-27-18-11-9-8-10-12-18;2*1-18(15(24-18)9-11-22-13-6-4-3-5-7-13)17-16(21-2)14(20)8-10-19(17)12-23-19;1-3-2;1-2;;;;/h8-12,19-22H,13-17H2,1-7H3;3-7,14-17,20H,8-12H2,1-2H3;3-7,15-17H,8-12H2,1-2H3;3H,1-2H3;1-2H3;4*1H4/t19-,20-,21-,22-,24+,25+;14-,15-,16-,17-,18+,19+;15-,16-,17-,18+,19+;;;;;;/m111....../s1/i;;;;1D;;;;. The number of hydrogen-bond donors (Lipinski definition) is 1. The van der Waals surface area contributed by atoms with Gasteiger partial charge in [0.1, 0.15) is 45.8 Å². The minimum atomic E-state index is -1.90. The molecule has 17 heteroatoms. The summed E-state index contributed by atoms with van der Waals surface area (Å²) in [6, 6.07) is 29.6. The second-order valence-corrected chi connectivity index (χ2v) is 32.1. The Morgan fingerprint density at radius 3 is 1.27 bits per heavy atom. The predicted molar refractivity (Wildman–Crippen MR) is 358 cm³/mol. The lowest BCUT2D eigenvalue weighted by Gasteiger charge is -2.47. The molecule has 17 atom stereocenters. The molecule has 0 amide bonds. The molecule has 9 fully saturated rings. The van der Waals surface area contributed by atoms with Crippen LogP contribution in [0.3, 0.4) is 0 Å². The highest BCUT2D eigenvalue weighted by Gasteiger charge is 2.74. The molecule has 0 radical (unpaired) electrons. The number of ketones is 1. The molecule has 3 saturated carbocycles. The second kappa shape index (κ2) is 32.2. The van der Waals surface area contributed by atoms with E-state index in [1.54, 1.807) is 21.1 Å². The second-order valence-electron chi connectivity index (χ2n) is 26.3. The highest BCUT2D eigenvalue weighted by atomic mass is 31.1. The Morgan fingerprint density at radius 1 is 0.591 bits per heavy atom. The van der Waals surface area contributed by atoms with Crippen molar-refractivity contribution < 1.29 is 72.5 Å². The number of epoxide rings is 6. The highest BCUT2D eigenvalue weighted by molar-refractivity contribution is 7.35. The number of rotatable bonds is 20. The number of ether oxygens (including phenoxy) is 12. The summed E-state index contributed by atoms with van der Waals surface area (Å²) in [7, 11) is 4.28. The van der Waals surface area contributed by atoms with Crippen LogP contribution in [-0.2, 0) is 51.9 Å². The van der Waals surface area contributed by atoms with Crippen molar-refractivity contribution in [3.8, 4) is 17.2 Å². The number of methoxy groups -OCH3 is 3. The zero-order chi connectivity index (χ0) is 61.5. The van der Waals surface area contributed by atoms with E-state index >= 15 is 0 Å². The van der Waals surface area contributed by atoms with Gasteiger partial charge in [-0.25, -0.2) is 0 Å². The van der Waals surface area contributed by atoms with Crippen molar-refractivity contribution in [1.82, 2.24) is 0 Å². The Hall–Kier alpha value is -3.06. The van der Waals surface area contributed by atoms with E-state index in [1.165, 1.54) is 0 Å². The van der Waals surface area contributed by atoms with Gasteiger partial charge in [0.15, 0.2) is 14.1 Å². The van der Waals surface area contributed by atoms with Crippen LogP contribution in [0.2, 0.25) is 18.1 Å². The maximum atomic E-state index is 12.3. The minimum Gasteiger partial charge on any atom is -0.493 e. The Labute approximate surface area is 536 Å². The third-order valence-corrected chi connectivity index (χ3v) is 24.3. The van der Waals surface area contributed by atoms with Crippen molar-refractivity contribution in [3.05, 3.63) is 91.0 Å². The van der Waals surface area contributed by atoms with E-state index in [1.807, 2.05) is 98.1 Å². The van der Waals surface area contributed by atoms with E-state index < -0.39 is 20.5 Å². The Morgan fingerprint density at radius 2 is 0.932 bits per heavy atom. The van der Waals surface area contributed by atoms with Crippen molar-refractivity contribution in [3.63, 3.8) is 0 Å². The Bertz CT molecular complexity index is 2530. The summed E-state index contributed by atoms with van der Waals surface area (Å²) in [6.45, 7) is 28.7. The first-order valence-electron chi connectivity index (χ1n) is 31.6. The van der Waals surface area contributed by atoms with Gasteiger partial charge in [-0.2, -0.15) is 0 Å². The number of aliphatic hydroxyl groups is 1. The molecule has 3 spiro atoms. The van der Waals surface area contributed by atoms with E-state index in [-0.39, 0.29) is 129 Å². The van der Waals surface area contributed by atoms with E-state index in [9.17, 15) is 9.90 Å². The average Bonchev–Trinajstić information content (AvgIpc) is 2.33. The lowest BCUT2D eigenvalue weighted by Crippen LogP contribution is -2.58. The molecule has 0 unspecified atom stereocenters. The highest BCUT2D eigenvalue weighted by Crippen LogP contribution is 2.62. The van der Waals surface area contributed by atoms with Crippen LogP contribution in [0.25, 0.3) is 0 Å². The Balaban J connectivity index is 0.000000269. The van der Waals surface area contributed by atoms with Crippen molar-refractivity contribution in [2.75, 3.05) is 74.3 Å². The van der Waals surface area contributed by atoms with Crippen LogP contribution in [0.15, 0.2) is 91.0 Å². The third kappa shape index (κ3) is 17.4. The van der Waals surface area contributed by atoms with Gasteiger partial charge < -0.3 is 66.4 Å². The zero-order valence-corrected chi connectivity index (χ0v) is 55.0. The van der Waals surface area contributed by atoms with E-state index in [4.69, 9.17) is 62.6 Å². The number of para-hydroxylation sites is 3. The molecule has 6 heterocycles. The van der Waals surface area contributed by atoms with Crippen molar-refractivity contribution >= 4 is 22.7 Å². The third-order valence-electron chi connectivity index (χ3n) is 19.8. The lowest BCUT2D eigenvalue weighted by atomic mass is 9.68. The molecule has 1 N–H and O–H groups in total. The molecule has 502 valence electrons. The maximum Gasteiger partial charge on any atom is 0.192 e. The predicted octanol–water partition coefficient (Wildman–Crippen LogP) is 14.2. The molecule has 3 aromatic carbocycles. The fourth-order valence-electron chi connectivity index (χ4n) is 13.9. The molecule has 88 heavy (non-hydrogen) atoms. The monoisotopic (exact) mass is 1270 g/mol. The fourth-order valence-corrected chi connectivity index (χ4v) is 15.3. The van der Waals surface area contributed by atoms with Crippen LogP contribution in [0.4, 0.5) is 0 Å². The van der Waals surface area contributed by atoms with Gasteiger partial charge in [-0.15, -0.1) is 8.58 Å². The fraction of sp³-hybridized carbons (Fsp3) is 0.732. The largest absolute Gasteiger partial charge is 0.493 e. The SMILES string of the molecule is C.C.C.C.CO[C@@H]1C(=O)CC[C@]2(CO2)[C@H]1[C@@]1(C)O[C@@H]1CCOc1ccccc1.CO[C@@H]1[C@H](O)CC[C@]2(CO2)[C@H]1[C@@]1(C)O[C@@H]1CCOc1ccccc1.CO[C@@H]1[C@H](O[Si](C)(C)C(C)(C)C)CC[C@]2(CO2)[C@H]1[C@@]1(C)O[C@@H]1CCOc1ccccc1.CPC.[2H]CC. The molecular weight excluding hydrogens is 1150 g/mol. The van der Waals surface area contributed by atoms with Crippen LogP contribution in [-0.4, -0.2) is 176 Å². The number of carbonyl (C=O) groups excluding carboxylic acids is 1. The number of hydrogen-bond acceptors (Lipinski definition) is 15. The molecule has 0 bridgehead atoms. The van der Waals surface area contributed by atoms with Crippen LogP contribution in [0.5, 0.6) is 17.2 Å². The summed E-state index contributed by atoms with van der Waals surface area (Å²) >= 11 is 0. The molecule has 12 rings (SSSR count). The van der Waals surface area contributed by atoms with E-state index in [2.05, 4.69) is 68.0 Å². The first-order chi connectivity index (χ1) is 40.5. The van der Waals surface area contributed by atoms with Gasteiger partial charge in [0, 0.05) is 48.4 Å². The first kappa shape index (κ1) is 75.7. The number of aliphatic hydroxyl groups excluding tert-OH is 1. The van der Waals surface area contributed by atoms with Crippen LogP contribution in [0.1, 0.15) is 144 Å². The maximum absolute atomic E-state index is 12.3. The molecule has 0 aromatic heterocycles. The average molecular weight is 1270 g/mol. The summed E-state index contributed by atoms with van der Waals surface area (Å²) in [5.41, 5.74) is -1.43. The molecule has 6 saturated heterocycles. The molecule has 3 aromatic rings. The number of carbonyl (C=O) groups is 1. The van der Waals surface area contributed by atoms with Crippen molar-refractivity contribution in [2.45, 2.75) is 243 Å². The minimum absolute atomic E-state index is 0. The van der Waals surface area contributed by atoms with E-state index in [0.717, 1.165) is 90.4 Å². The molecule has 6 aliphatic heterocycles. The van der Waals surface area contributed by atoms with Crippen LogP contribution in [0, 0.1) is 17.8 Å². The van der Waals surface area contributed by atoms with Crippen molar-refractivity contribution in [2.24, 2.45) is 17.8 Å². The van der Waals surface area contributed by atoms with E-state index in [0.29, 0.717) is 39.7 Å². The topological polar surface area (TPSA) is 177 Å². The zero-order valence-electron chi connectivity index (χ0n) is 54.0. The summed E-state index contributed by atoms with van der Waals surface area (Å²) in [5, 5.41) is 10.5. The summed E-state index contributed by atoms with van der Waals surface area (Å²) in [6.07, 6.45) is 6.74. The van der Waals surface area contributed by atoms with Gasteiger partial charge >= 0.3 is 0 Å². The summed E-state index contributed by atoms with van der Waals surface area (Å²) < 4.78 is 84.0. The van der Waals surface area contributed by atoms with Gasteiger partial charge in [0.05, 0.1) is 111 Å². The number of benzene rings is 3. The van der Waals surface area contributed by atoms with Crippen LogP contribution >= 0.6 is 8.58 Å². The molecule has 9 aliphatic rings. The van der Waals surface area contributed by atoms with Gasteiger partial charge in [0.2, 0.25) is 0 Å². The first-order valence-corrected chi connectivity index (χ1v) is 35.8. The molecular formula is C71H119O15PSi. The quantitative estimate of drug-likeness (QED) is 0.0641. The van der Waals surface area contributed by atoms with Gasteiger partial charge in [0.25, 0.3) is 0 Å². The summed E-state index contributed by atoms with van der Waals surface area (Å²) in [4.78, 5) is 12.3. The van der Waals surface area contributed by atoms with Gasteiger partial charge in [-0.1, -0.05) is 119 Å². The lowest BCUT2D eigenvalue weighted by molar-refractivity contribution is -0.142. The van der Waals surface area contributed by atoms with Crippen molar-refractivity contribution in [1.29, 1.82) is 0 Å². The van der Waals surface area contributed by atoms with Gasteiger partial charge in [-0.3, -0.25) is 4.79 Å². The smallest absolute Gasteiger partial charge is 0.192 e. The number of Topliss-reactive ketones (excluding diaryl/α,β-unsaturated/α-hetero) is 1. The molecule has 15 nitrogen and oxygen atoms in total. The Kier molecular flexibility index (Phi) is 27.7. The molecule has 3 aliphatic carbocycles. The van der Waals surface area contributed by atoms with Crippen LogP contribution < -0.4 is 14.2 Å². The summed E-state index contributed by atoms with van der Waals surface area (Å²) in [5.74, 6) is 3.03. The normalized spacial score (nSPS) is 36.6. The van der Waals surface area contributed by atoms with Gasteiger partial charge in [-0.05, 0) is 121 Å².